The third-order valence-corrected chi connectivity index (χ3v) is 3.02. The van der Waals surface area contributed by atoms with Gasteiger partial charge in [-0.1, -0.05) is 37.3 Å². The van der Waals surface area contributed by atoms with Crippen LogP contribution in [0, 0.1) is 12.7 Å². The predicted molar refractivity (Wildman–Crippen MR) is 74.5 cm³/mol. The third kappa shape index (κ3) is 3.33. The zero-order valence-corrected chi connectivity index (χ0v) is 10.8. The lowest BCUT2D eigenvalue weighted by atomic mass is 10.0. The van der Waals surface area contributed by atoms with Crippen LogP contribution in [0.4, 0.5) is 10.1 Å². The van der Waals surface area contributed by atoms with E-state index in [1.54, 1.807) is 0 Å². The molecule has 2 heteroatoms. The monoisotopic (exact) mass is 243 g/mol. The van der Waals surface area contributed by atoms with E-state index in [0.717, 1.165) is 17.8 Å². The molecule has 0 amide bonds. The summed E-state index contributed by atoms with van der Waals surface area (Å²) in [6.45, 7) is 4.86. The molecule has 0 saturated carbocycles. The molecule has 2 rings (SSSR count). The van der Waals surface area contributed by atoms with Crippen LogP contribution >= 0.6 is 0 Å². The molecule has 0 heterocycles. The lowest BCUT2D eigenvalue weighted by Crippen LogP contribution is -2.10. The normalized spacial score (nSPS) is 12.2. The summed E-state index contributed by atoms with van der Waals surface area (Å²) in [4.78, 5) is 0. The van der Waals surface area contributed by atoms with E-state index in [1.807, 2.05) is 31.2 Å². The van der Waals surface area contributed by atoms with Gasteiger partial charge in [-0.05, 0) is 42.2 Å². The van der Waals surface area contributed by atoms with Crippen molar-refractivity contribution in [2.75, 3.05) is 11.9 Å². The van der Waals surface area contributed by atoms with Crippen molar-refractivity contribution in [2.45, 2.75) is 19.8 Å². The first kappa shape index (κ1) is 12.6. The van der Waals surface area contributed by atoms with Gasteiger partial charge in [0, 0.05) is 12.2 Å². The Morgan fingerprint density at radius 1 is 1.11 bits per heavy atom. The van der Waals surface area contributed by atoms with Crippen LogP contribution in [0.1, 0.15) is 24.0 Å². The number of rotatable bonds is 4. The molecule has 0 aliphatic carbocycles. The summed E-state index contributed by atoms with van der Waals surface area (Å²) < 4.78 is 13.2. The summed E-state index contributed by atoms with van der Waals surface area (Å²) in [6.07, 6.45) is 0. The molecule has 2 aromatic carbocycles. The summed E-state index contributed by atoms with van der Waals surface area (Å²) in [6, 6.07) is 15.3. The first-order valence-corrected chi connectivity index (χ1v) is 6.21. The van der Waals surface area contributed by atoms with E-state index in [9.17, 15) is 4.39 Å². The van der Waals surface area contributed by atoms with E-state index >= 15 is 0 Å². The van der Waals surface area contributed by atoms with E-state index in [1.165, 1.54) is 17.7 Å². The summed E-state index contributed by atoms with van der Waals surface area (Å²) in [5.41, 5.74) is 3.07. The molecular weight excluding hydrogens is 225 g/mol. The molecule has 1 N–H and O–H groups in total. The van der Waals surface area contributed by atoms with E-state index in [4.69, 9.17) is 0 Å². The summed E-state index contributed by atoms with van der Waals surface area (Å²) in [5.74, 6) is 0.208. The van der Waals surface area contributed by atoms with Crippen molar-refractivity contribution >= 4 is 5.69 Å². The van der Waals surface area contributed by atoms with Crippen LogP contribution in [-0.4, -0.2) is 6.54 Å². The van der Waals surface area contributed by atoms with Crippen LogP contribution < -0.4 is 5.32 Å². The molecule has 18 heavy (non-hydrogen) atoms. The number of hydrogen-bond donors (Lipinski definition) is 1. The quantitative estimate of drug-likeness (QED) is 0.841. The van der Waals surface area contributed by atoms with Crippen molar-refractivity contribution in [1.82, 2.24) is 0 Å². The molecule has 0 aromatic heterocycles. The predicted octanol–water partition coefficient (Wildman–Crippen LogP) is 4.35. The largest absolute Gasteiger partial charge is 0.384 e. The average Bonchev–Trinajstić information content (AvgIpc) is 2.36. The van der Waals surface area contributed by atoms with Gasteiger partial charge in [0.1, 0.15) is 5.82 Å². The van der Waals surface area contributed by atoms with E-state index in [-0.39, 0.29) is 5.82 Å². The highest BCUT2D eigenvalue weighted by molar-refractivity contribution is 5.46. The van der Waals surface area contributed by atoms with Gasteiger partial charge >= 0.3 is 0 Å². The Kier molecular flexibility index (Phi) is 3.98. The second-order valence-corrected chi connectivity index (χ2v) is 4.71. The Morgan fingerprint density at radius 3 is 2.50 bits per heavy atom. The number of anilines is 1. The molecule has 0 fully saturated rings. The van der Waals surface area contributed by atoms with Gasteiger partial charge in [-0.15, -0.1) is 0 Å². The molecular formula is C16H18FN. The van der Waals surface area contributed by atoms with E-state index in [2.05, 4.69) is 24.4 Å². The Morgan fingerprint density at radius 2 is 1.83 bits per heavy atom. The highest BCUT2D eigenvalue weighted by atomic mass is 19.1. The third-order valence-electron chi connectivity index (χ3n) is 3.02. The number of hydrogen-bond acceptors (Lipinski definition) is 1. The molecule has 0 bridgehead atoms. The molecule has 1 nitrogen and oxygen atoms in total. The Hall–Kier alpha value is -1.83. The zero-order chi connectivity index (χ0) is 13.0. The van der Waals surface area contributed by atoms with Crippen LogP contribution in [0.3, 0.4) is 0 Å². The van der Waals surface area contributed by atoms with Crippen LogP contribution in [0.2, 0.25) is 0 Å². The van der Waals surface area contributed by atoms with Crippen LogP contribution in [-0.2, 0) is 0 Å². The zero-order valence-electron chi connectivity index (χ0n) is 10.8. The smallest absolute Gasteiger partial charge is 0.125 e. The molecule has 0 spiro atoms. The van der Waals surface area contributed by atoms with Crippen LogP contribution in [0.15, 0.2) is 48.5 Å². The number of benzene rings is 2. The molecule has 1 unspecified atom stereocenters. The van der Waals surface area contributed by atoms with Gasteiger partial charge in [0.05, 0.1) is 0 Å². The lowest BCUT2D eigenvalue weighted by molar-refractivity contribution is 0.627. The van der Waals surface area contributed by atoms with Crippen molar-refractivity contribution in [1.29, 1.82) is 0 Å². The molecule has 2 aromatic rings. The molecule has 0 saturated heterocycles. The fourth-order valence-corrected chi connectivity index (χ4v) is 2.01. The van der Waals surface area contributed by atoms with Gasteiger partial charge in [-0.25, -0.2) is 4.39 Å². The number of aryl methyl sites for hydroxylation is 1. The Labute approximate surface area is 108 Å². The molecule has 94 valence electrons. The fraction of sp³-hybridized carbons (Fsp3) is 0.250. The van der Waals surface area contributed by atoms with Crippen molar-refractivity contribution in [3.05, 3.63) is 65.5 Å². The van der Waals surface area contributed by atoms with Gasteiger partial charge in [0.15, 0.2) is 0 Å². The van der Waals surface area contributed by atoms with Gasteiger partial charge in [0.2, 0.25) is 0 Å². The minimum absolute atomic E-state index is 0.190. The van der Waals surface area contributed by atoms with Crippen molar-refractivity contribution < 1.29 is 4.39 Å². The number of halogens is 1. The van der Waals surface area contributed by atoms with Crippen LogP contribution in [0.5, 0.6) is 0 Å². The van der Waals surface area contributed by atoms with Gasteiger partial charge in [0.25, 0.3) is 0 Å². The van der Waals surface area contributed by atoms with Gasteiger partial charge in [-0.2, -0.15) is 0 Å². The highest BCUT2D eigenvalue weighted by Gasteiger charge is 2.05. The molecule has 0 aliphatic heterocycles. The highest BCUT2D eigenvalue weighted by Crippen LogP contribution is 2.18. The summed E-state index contributed by atoms with van der Waals surface area (Å²) >= 11 is 0. The maximum atomic E-state index is 13.2. The van der Waals surface area contributed by atoms with Gasteiger partial charge < -0.3 is 5.32 Å². The minimum atomic E-state index is -0.190. The lowest BCUT2D eigenvalue weighted by Gasteiger charge is -2.14. The molecule has 1 atom stereocenters. The van der Waals surface area contributed by atoms with Crippen molar-refractivity contribution in [3.8, 4) is 0 Å². The minimum Gasteiger partial charge on any atom is -0.384 e. The second kappa shape index (κ2) is 5.67. The number of nitrogens with one attached hydrogen (secondary N) is 1. The fourth-order valence-electron chi connectivity index (χ4n) is 2.01. The summed E-state index contributed by atoms with van der Waals surface area (Å²) in [5, 5.41) is 3.28. The first-order chi connectivity index (χ1) is 8.65. The maximum absolute atomic E-state index is 13.2. The van der Waals surface area contributed by atoms with Crippen LogP contribution in [0.25, 0.3) is 0 Å². The standard InChI is InChI=1S/C16H18FN/c1-12-8-15(17)10-16(9-12)18-11-13(2)14-6-4-3-5-7-14/h3-10,13,18H,11H2,1-2H3. The SMILES string of the molecule is Cc1cc(F)cc(NCC(C)c2ccccc2)c1. The Bertz CT molecular complexity index is 488. The Balaban J connectivity index is 1.99. The average molecular weight is 243 g/mol. The second-order valence-electron chi connectivity index (χ2n) is 4.71. The van der Waals surface area contributed by atoms with Crippen molar-refractivity contribution in [3.63, 3.8) is 0 Å². The first-order valence-electron chi connectivity index (χ1n) is 6.21. The maximum Gasteiger partial charge on any atom is 0.125 e. The van der Waals surface area contributed by atoms with Gasteiger partial charge in [-0.3, -0.25) is 0 Å². The molecule has 0 radical (unpaired) electrons. The van der Waals surface area contributed by atoms with E-state index < -0.39 is 0 Å². The van der Waals surface area contributed by atoms with E-state index in [0.29, 0.717) is 5.92 Å². The summed E-state index contributed by atoms with van der Waals surface area (Å²) in [7, 11) is 0. The topological polar surface area (TPSA) is 12.0 Å². The molecule has 0 aliphatic rings. The van der Waals surface area contributed by atoms with Crippen molar-refractivity contribution in [2.24, 2.45) is 0 Å².